The lowest BCUT2D eigenvalue weighted by atomic mass is 10.1. The quantitative estimate of drug-likeness (QED) is 0.752. The summed E-state index contributed by atoms with van der Waals surface area (Å²) in [5.74, 6) is -1.51. The minimum atomic E-state index is -5.01. The number of hydrogen-bond donors (Lipinski definition) is 0. The number of ether oxygens (including phenoxy) is 2. The van der Waals surface area contributed by atoms with Crippen molar-refractivity contribution in [2.24, 2.45) is 0 Å². The number of halogens is 6. The molecule has 0 N–H and O–H groups in total. The van der Waals surface area contributed by atoms with Crippen LogP contribution in [-0.2, 0) is 0 Å². The molecule has 0 fully saturated rings. The third kappa shape index (κ3) is 3.46. The minimum Gasteiger partial charge on any atom is -0.405 e. The fraction of sp³-hybridized carbons (Fsp3) is 0.167. The summed E-state index contributed by atoms with van der Waals surface area (Å²) in [4.78, 5) is 0. The monoisotopic (exact) mass is 296 g/mol. The molecule has 0 aliphatic rings. The van der Waals surface area contributed by atoms with Crippen molar-refractivity contribution < 1.29 is 35.8 Å². The smallest absolute Gasteiger partial charge is 0.405 e. The standard InChI is InChI=1S/C12H6F6O2/c13-11(14,15)19-8-5-1-3-7-4-2-6-9(10(7)8)20-12(16,17)18/h1-6H. The van der Waals surface area contributed by atoms with Crippen LogP contribution in [0, 0.1) is 0 Å². The molecule has 108 valence electrons. The summed E-state index contributed by atoms with van der Waals surface area (Å²) >= 11 is 0. The van der Waals surface area contributed by atoms with Crippen molar-refractivity contribution >= 4 is 10.8 Å². The van der Waals surface area contributed by atoms with Gasteiger partial charge in [-0.25, -0.2) is 0 Å². The fourth-order valence-electron chi connectivity index (χ4n) is 1.69. The first-order valence-electron chi connectivity index (χ1n) is 5.19. The molecule has 0 amide bonds. The topological polar surface area (TPSA) is 18.5 Å². The van der Waals surface area contributed by atoms with Gasteiger partial charge in [0.15, 0.2) is 0 Å². The van der Waals surface area contributed by atoms with Gasteiger partial charge in [0.2, 0.25) is 0 Å². The molecule has 0 spiro atoms. The molecule has 0 saturated carbocycles. The Hall–Kier alpha value is -2.12. The molecule has 0 aromatic heterocycles. The molecule has 2 aromatic rings. The summed E-state index contributed by atoms with van der Waals surface area (Å²) in [7, 11) is 0. The molecule has 2 rings (SSSR count). The van der Waals surface area contributed by atoms with Gasteiger partial charge < -0.3 is 9.47 Å². The number of fused-ring (bicyclic) bond motifs is 1. The van der Waals surface area contributed by atoms with Gasteiger partial charge in [0.25, 0.3) is 0 Å². The Morgan fingerprint density at radius 1 is 0.650 bits per heavy atom. The molecule has 0 radical (unpaired) electrons. The summed E-state index contributed by atoms with van der Waals surface area (Å²) in [5, 5.41) is -0.266. The van der Waals surface area contributed by atoms with Gasteiger partial charge in [0.05, 0.1) is 5.39 Å². The third-order valence-electron chi connectivity index (χ3n) is 2.28. The average Bonchev–Trinajstić information content (AvgIpc) is 2.25. The summed E-state index contributed by atoms with van der Waals surface area (Å²) in [6.45, 7) is 0. The number of alkyl halides is 6. The number of benzene rings is 2. The van der Waals surface area contributed by atoms with Gasteiger partial charge in [-0.15, -0.1) is 26.3 Å². The second kappa shape index (κ2) is 4.77. The molecule has 2 aromatic carbocycles. The van der Waals surface area contributed by atoms with Gasteiger partial charge in [-0.1, -0.05) is 24.3 Å². The van der Waals surface area contributed by atoms with E-state index in [1.807, 2.05) is 0 Å². The highest BCUT2D eigenvalue weighted by Crippen LogP contribution is 2.38. The van der Waals surface area contributed by atoms with Crippen molar-refractivity contribution in [1.82, 2.24) is 0 Å². The Balaban J connectivity index is 2.58. The molecule has 0 saturated heterocycles. The van der Waals surface area contributed by atoms with Gasteiger partial charge in [-0.3, -0.25) is 0 Å². The van der Waals surface area contributed by atoms with Gasteiger partial charge >= 0.3 is 12.7 Å². The zero-order valence-corrected chi connectivity index (χ0v) is 9.55. The highest BCUT2D eigenvalue weighted by molar-refractivity contribution is 5.93. The maximum Gasteiger partial charge on any atom is 0.573 e. The van der Waals surface area contributed by atoms with Crippen LogP contribution in [-0.4, -0.2) is 12.7 Å². The van der Waals surface area contributed by atoms with Gasteiger partial charge in [-0.05, 0) is 17.5 Å². The zero-order valence-electron chi connectivity index (χ0n) is 9.55. The first-order chi connectivity index (χ1) is 9.16. The van der Waals surface area contributed by atoms with Crippen molar-refractivity contribution in [3.8, 4) is 11.5 Å². The van der Waals surface area contributed by atoms with Gasteiger partial charge in [-0.2, -0.15) is 0 Å². The van der Waals surface area contributed by atoms with E-state index in [-0.39, 0.29) is 5.39 Å². The van der Waals surface area contributed by atoms with E-state index >= 15 is 0 Å². The van der Waals surface area contributed by atoms with E-state index < -0.39 is 29.6 Å². The number of hydrogen-bond acceptors (Lipinski definition) is 2. The van der Waals surface area contributed by atoms with Crippen molar-refractivity contribution in [1.29, 1.82) is 0 Å². The highest BCUT2D eigenvalue weighted by Gasteiger charge is 2.34. The highest BCUT2D eigenvalue weighted by atomic mass is 19.4. The molecule has 0 unspecified atom stereocenters. The zero-order chi connectivity index (χ0) is 15.0. The van der Waals surface area contributed by atoms with Crippen molar-refractivity contribution in [3.05, 3.63) is 36.4 Å². The molecular weight excluding hydrogens is 290 g/mol. The summed E-state index contributed by atoms with van der Waals surface area (Å²) in [6, 6.07) is 7.00. The van der Waals surface area contributed by atoms with Crippen LogP contribution in [0.25, 0.3) is 10.8 Å². The van der Waals surface area contributed by atoms with Crippen LogP contribution in [0.5, 0.6) is 11.5 Å². The molecule has 0 atom stereocenters. The summed E-state index contributed by atoms with van der Waals surface area (Å²) in [5.41, 5.74) is 0. The predicted octanol–water partition coefficient (Wildman–Crippen LogP) is 4.64. The van der Waals surface area contributed by atoms with E-state index in [2.05, 4.69) is 9.47 Å². The predicted molar refractivity (Wildman–Crippen MR) is 57.3 cm³/mol. The lowest BCUT2D eigenvalue weighted by Crippen LogP contribution is -2.19. The van der Waals surface area contributed by atoms with Gasteiger partial charge in [0, 0.05) is 0 Å². The van der Waals surface area contributed by atoms with Crippen LogP contribution in [0.1, 0.15) is 0 Å². The molecule has 0 aliphatic carbocycles. The van der Waals surface area contributed by atoms with Gasteiger partial charge in [0.1, 0.15) is 11.5 Å². The Morgan fingerprint density at radius 3 is 1.40 bits per heavy atom. The van der Waals surface area contributed by atoms with Crippen molar-refractivity contribution in [2.75, 3.05) is 0 Å². The van der Waals surface area contributed by atoms with Crippen molar-refractivity contribution in [3.63, 3.8) is 0 Å². The van der Waals surface area contributed by atoms with E-state index in [1.165, 1.54) is 24.3 Å². The van der Waals surface area contributed by atoms with E-state index in [0.717, 1.165) is 12.1 Å². The first kappa shape index (κ1) is 14.3. The second-order valence-electron chi connectivity index (χ2n) is 3.71. The van der Waals surface area contributed by atoms with E-state index in [0.29, 0.717) is 0 Å². The van der Waals surface area contributed by atoms with E-state index in [9.17, 15) is 26.3 Å². The summed E-state index contributed by atoms with van der Waals surface area (Å²) in [6.07, 6.45) is -10.0. The molecule has 0 bridgehead atoms. The molecule has 0 heterocycles. The lowest BCUT2D eigenvalue weighted by molar-refractivity contribution is -0.275. The summed E-state index contributed by atoms with van der Waals surface area (Å²) < 4.78 is 81.0. The molecule has 20 heavy (non-hydrogen) atoms. The van der Waals surface area contributed by atoms with Crippen LogP contribution >= 0.6 is 0 Å². The third-order valence-corrected chi connectivity index (χ3v) is 2.28. The number of rotatable bonds is 2. The Kier molecular flexibility index (Phi) is 3.41. The minimum absolute atomic E-state index is 0.133. The van der Waals surface area contributed by atoms with E-state index in [4.69, 9.17) is 0 Å². The van der Waals surface area contributed by atoms with Crippen LogP contribution in [0.2, 0.25) is 0 Å². The molecule has 8 heteroatoms. The van der Waals surface area contributed by atoms with Crippen LogP contribution < -0.4 is 9.47 Å². The molecule has 2 nitrogen and oxygen atoms in total. The Bertz CT molecular complexity index is 567. The second-order valence-corrected chi connectivity index (χ2v) is 3.71. The van der Waals surface area contributed by atoms with Crippen molar-refractivity contribution in [2.45, 2.75) is 12.7 Å². The molecular formula is C12H6F6O2. The van der Waals surface area contributed by atoms with Crippen LogP contribution in [0.3, 0.4) is 0 Å². The average molecular weight is 296 g/mol. The Labute approximate surface area is 108 Å². The van der Waals surface area contributed by atoms with Crippen LogP contribution in [0.4, 0.5) is 26.3 Å². The van der Waals surface area contributed by atoms with Crippen LogP contribution in [0.15, 0.2) is 36.4 Å². The largest absolute Gasteiger partial charge is 0.573 e. The Morgan fingerprint density at radius 2 is 1.05 bits per heavy atom. The SMILES string of the molecule is FC(F)(F)Oc1cccc2cccc(OC(F)(F)F)c12. The maximum atomic E-state index is 12.3. The molecule has 0 aliphatic heterocycles. The lowest BCUT2D eigenvalue weighted by Gasteiger charge is -2.15. The normalized spacial score (nSPS) is 12.5. The first-order valence-corrected chi connectivity index (χ1v) is 5.19. The fourth-order valence-corrected chi connectivity index (χ4v) is 1.69. The maximum absolute atomic E-state index is 12.3. The van der Waals surface area contributed by atoms with E-state index in [1.54, 1.807) is 0 Å².